The molecule has 6 nitrogen and oxygen atoms in total. The zero-order valence-corrected chi connectivity index (χ0v) is 14.6. The highest BCUT2D eigenvalue weighted by Gasteiger charge is 2.25. The van der Waals surface area contributed by atoms with Crippen molar-refractivity contribution >= 4 is 32.8 Å². The quantitative estimate of drug-likeness (QED) is 0.687. The van der Waals surface area contributed by atoms with Gasteiger partial charge in [0.25, 0.3) is 0 Å². The third-order valence-electron chi connectivity index (χ3n) is 4.10. The molecule has 1 saturated heterocycles. The van der Waals surface area contributed by atoms with Gasteiger partial charge in [0.05, 0.1) is 18.3 Å². The molecule has 1 aliphatic heterocycles. The van der Waals surface area contributed by atoms with Gasteiger partial charge in [-0.25, -0.2) is 15.0 Å². The summed E-state index contributed by atoms with van der Waals surface area (Å²) in [6, 6.07) is 6.04. The number of benzene rings is 1. The first kappa shape index (κ1) is 15.3. The van der Waals surface area contributed by atoms with Crippen LogP contribution in [0.15, 0.2) is 47.5 Å². The number of hydrogen-bond donors (Lipinski definition) is 0. The van der Waals surface area contributed by atoms with Crippen LogP contribution in [0, 0.1) is 5.92 Å². The van der Waals surface area contributed by atoms with E-state index in [0.29, 0.717) is 18.4 Å². The molecule has 1 aromatic carbocycles. The van der Waals surface area contributed by atoms with Crippen molar-refractivity contribution in [2.75, 3.05) is 24.6 Å². The van der Waals surface area contributed by atoms with Crippen LogP contribution in [-0.4, -0.2) is 39.6 Å². The molecule has 0 saturated carbocycles. The molecule has 0 spiro atoms. The van der Waals surface area contributed by atoms with Crippen LogP contribution in [-0.2, 0) is 0 Å². The van der Waals surface area contributed by atoms with E-state index in [2.05, 4.69) is 40.8 Å². The van der Waals surface area contributed by atoms with Crippen LogP contribution < -0.4 is 9.64 Å². The number of anilines is 1. The van der Waals surface area contributed by atoms with Crippen LogP contribution >= 0.6 is 15.9 Å². The molecule has 3 heterocycles. The summed E-state index contributed by atoms with van der Waals surface area (Å²) in [5.74, 6) is 1.80. The second-order valence-electron chi connectivity index (χ2n) is 5.83. The largest absolute Gasteiger partial charge is 0.476 e. The van der Waals surface area contributed by atoms with Crippen molar-refractivity contribution in [3.8, 4) is 5.88 Å². The molecule has 122 valence electrons. The van der Waals surface area contributed by atoms with Crippen LogP contribution in [0.4, 0.5) is 5.95 Å². The monoisotopic (exact) mass is 385 g/mol. The Labute approximate surface area is 148 Å². The highest BCUT2D eigenvalue weighted by atomic mass is 79.9. The molecular formula is C17H16BrN5O. The van der Waals surface area contributed by atoms with Crippen molar-refractivity contribution in [3.63, 3.8) is 0 Å². The molecule has 1 atom stereocenters. The minimum absolute atomic E-state index is 0.441. The SMILES string of the molecule is Brc1ccc2nc(N3CCC(COc4cnccn4)C3)ncc2c1. The van der Waals surface area contributed by atoms with Crippen molar-refractivity contribution in [1.82, 2.24) is 19.9 Å². The van der Waals surface area contributed by atoms with E-state index >= 15 is 0 Å². The molecule has 0 aliphatic carbocycles. The molecule has 0 amide bonds. The van der Waals surface area contributed by atoms with Gasteiger partial charge in [0.15, 0.2) is 0 Å². The standard InChI is InChI=1S/C17H16BrN5O/c18-14-1-2-15-13(7-14)8-21-17(22-15)23-6-3-12(10-23)11-24-16-9-19-4-5-20-16/h1-2,4-5,7-9,12H,3,6,10-11H2. The van der Waals surface area contributed by atoms with Crippen LogP contribution in [0.3, 0.4) is 0 Å². The fourth-order valence-corrected chi connectivity index (χ4v) is 3.24. The molecule has 1 aliphatic rings. The molecule has 7 heteroatoms. The lowest BCUT2D eigenvalue weighted by Gasteiger charge is -2.16. The molecule has 1 fully saturated rings. The lowest BCUT2D eigenvalue weighted by molar-refractivity contribution is 0.251. The molecule has 0 N–H and O–H groups in total. The maximum atomic E-state index is 5.71. The molecule has 24 heavy (non-hydrogen) atoms. The van der Waals surface area contributed by atoms with Crippen molar-refractivity contribution in [2.24, 2.45) is 5.92 Å². The fraction of sp³-hybridized carbons (Fsp3) is 0.294. The highest BCUT2D eigenvalue weighted by molar-refractivity contribution is 9.10. The van der Waals surface area contributed by atoms with Gasteiger partial charge in [0.2, 0.25) is 11.8 Å². The minimum atomic E-state index is 0.441. The third-order valence-corrected chi connectivity index (χ3v) is 4.60. The van der Waals surface area contributed by atoms with E-state index in [1.807, 2.05) is 24.4 Å². The first-order chi connectivity index (χ1) is 11.8. The smallest absolute Gasteiger partial charge is 0.232 e. The van der Waals surface area contributed by atoms with Crippen LogP contribution in [0.5, 0.6) is 5.88 Å². The second kappa shape index (κ2) is 6.68. The van der Waals surface area contributed by atoms with E-state index in [1.165, 1.54) is 0 Å². The normalized spacial score (nSPS) is 17.4. The lowest BCUT2D eigenvalue weighted by Crippen LogP contribution is -2.23. The summed E-state index contributed by atoms with van der Waals surface area (Å²) in [6.45, 7) is 2.47. The second-order valence-corrected chi connectivity index (χ2v) is 6.74. The number of fused-ring (bicyclic) bond motifs is 1. The van der Waals surface area contributed by atoms with E-state index in [0.717, 1.165) is 40.8 Å². The summed E-state index contributed by atoms with van der Waals surface area (Å²) in [5.41, 5.74) is 0.961. The van der Waals surface area contributed by atoms with E-state index in [-0.39, 0.29) is 0 Å². The van der Waals surface area contributed by atoms with Gasteiger partial charge >= 0.3 is 0 Å². The van der Waals surface area contributed by atoms with E-state index in [4.69, 9.17) is 4.74 Å². The predicted octanol–water partition coefficient (Wildman–Crippen LogP) is 3.09. The third kappa shape index (κ3) is 3.31. The summed E-state index contributed by atoms with van der Waals surface area (Å²) in [6.07, 6.45) is 7.85. The molecule has 3 aromatic rings. The first-order valence-corrected chi connectivity index (χ1v) is 8.63. The van der Waals surface area contributed by atoms with Gasteiger partial charge in [-0.15, -0.1) is 0 Å². The molecule has 1 unspecified atom stereocenters. The maximum absolute atomic E-state index is 5.71. The fourth-order valence-electron chi connectivity index (χ4n) is 2.86. The maximum Gasteiger partial charge on any atom is 0.232 e. The summed E-state index contributed by atoms with van der Waals surface area (Å²) in [5, 5.41) is 1.04. The average molecular weight is 386 g/mol. The minimum Gasteiger partial charge on any atom is -0.476 e. The Bertz CT molecular complexity index is 845. The summed E-state index contributed by atoms with van der Waals surface area (Å²) in [4.78, 5) is 19.5. The number of aromatic nitrogens is 4. The van der Waals surface area contributed by atoms with Gasteiger partial charge in [0, 0.05) is 47.5 Å². The Morgan fingerprint density at radius 1 is 1.21 bits per heavy atom. The van der Waals surface area contributed by atoms with Gasteiger partial charge in [-0.1, -0.05) is 15.9 Å². The molecule has 0 bridgehead atoms. The van der Waals surface area contributed by atoms with Gasteiger partial charge in [-0.05, 0) is 24.6 Å². The highest BCUT2D eigenvalue weighted by Crippen LogP contribution is 2.24. The predicted molar refractivity (Wildman–Crippen MR) is 95.1 cm³/mol. The average Bonchev–Trinajstić information content (AvgIpc) is 3.09. The summed E-state index contributed by atoms with van der Waals surface area (Å²) >= 11 is 3.47. The van der Waals surface area contributed by atoms with Crippen LogP contribution in [0.25, 0.3) is 10.9 Å². The number of ether oxygens (including phenoxy) is 1. The van der Waals surface area contributed by atoms with Crippen molar-refractivity contribution < 1.29 is 4.74 Å². The van der Waals surface area contributed by atoms with Crippen LogP contribution in [0.2, 0.25) is 0 Å². The molecule has 4 rings (SSSR count). The van der Waals surface area contributed by atoms with Crippen LogP contribution in [0.1, 0.15) is 6.42 Å². The van der Waals surface area contributed by atoms with Crippen molar-refractivity contribution in [2.45, 2.75) is 6.42 Å². The Hall–Kier alpha value is -2.28. The Balaban J connectivity index is 1.42. The van der Waals surface area contributed by atoms with E-state index < -0.39 is 0 Å². The number of hydrogen-bond acceptors (Lipinski definition) is 6. The zero-order chi connectivity index (χ0) is 16.4. The Morgan fingerprint density at radius 2 is 2.17 bits per heavy atom. The van der Waals surface area contributed by atoms with E-state index in [9.17, 15) is 0 Å². The van der Waals surface area contributed by atoms with Gasteiger partial charge in [0.1, 0.15) is 0 Å². The summed E-state index contributed by atoms with van der Waals surface area (Å²) < 4.78 is 6.75. The van der Waals surface area contributed by atoms with Crippen molar-refractivity contribution in [1.29, 1.82) is 0 Å². The van der Waals surface area contributed by atoms with Gasteiger partial charge in [-0.2, -0.15) is 0 Å². The van der Waals surface area contributed by atoms with Crippen molar-refractivity contribution in [3.05, 3.63) is 47.5 Å². The summed E-state index contributed by atoms with van der Waals surface area (Å²) in [7, 11) is 0. The number of halogens is 1. The number of rotatable bonds is 4. The Kier molecular flexibility index (Phi) is 4.25. The topological polar surface area (TPSA) is 64.0 Å². The zero-order valence-electron chi connectivity index (χ0n) is 13.0. The van der Waals surface area contributed by atoms with Gasteiger partial charge < -0.3 is 9.64 Å². The van der Waals surface area contributed by atoms with E-state index in [1.54, 1.807) is 18.6 Å². The number of nitrogens with zero attached hydrogens (tertiary/aromatic N) is 5. The molecular weight excluding hydrogens is 370 g/mol. The lowest BCUT2D eigenvalue weighted by atomic mass is 10.1. The first-order valence-electron chi connectivity index (χ1n) is 7.84. The molecule has 0 radical (unpaired) electrons. The Morgan fingerprint density at radius 3 is 3.04 bits per heavy atom. The molecule has 2 aromatic heterocycles. The van der Waals surface area contributed by atoms with Gasteiger partial charge in [-0.3, -0.25) is 4.98 Å².